The second-order valence-electron chi connectivity index (χ2n) is 7.55. The number of nitriles is 1. The van der Waals surface area contributed by atoms with Gasteiger partial charge in [-0.3, -0.25) is 4.79 Å². The highest BCUT2D eigenvalue weighted by Gasteiger charge is 2.37. The van der Waals surface area contributed by atoms with E-state index in [0.29, 0.717) is 56.5 Å². The van der Waals surface area contributed by atoms with Gasteiger partial charge in [-0.05, 0) is 44.2 Å². The van der Waals surface area contributed by atoms with Gasteiger partial charge in [0.2, 0.25) is 15.9 Å². The van der Waals surface area contributed by atoms with Crippen LogP contribution in [0.3, 0.4) is 0 Å². The molecule has 0 bridgehead atoms. The molecule has 0 aliphatic carbocycles. The molecule has 1 atom stereocenters. The number of amides is 1. The average molecular weight is 445 g/mol. The lowest BCUT2D eigenvalue weighted by Crippen LogP contribution is -2.46. The molecule has 0 radical (unpaired) electrons. The van der Waals surface area contributed by atoms with Crippen LogP contribution in [-0.2, 0) is 21.2 Å². The lowest BCUT2D eigenvalue weighted by Gasteiger charge is -2.23. The smallest absolute Gasteiger partial charge is 0.238 e. The number of rotatable bonds is 9. The number of sulfonamides is 1. The minimum absolute atomic E-state index is 0.0548. The predicted octanol–water partition coefficient (Wildman–Crippen LogP) is 1.58. The molecule has 2 heterocycles. The highest BCUT2D eigenvalue weighted by atomic mass is 32.2. The first-order chi connectivity index (χ1) is 14.9. The fourth-order valence-corrected chi connectivity index (χ4v) is 5.58. The number of hydrogen-bond acceptors (Lipinski definition) is 6. The molecule has 31 heavy (non-hydrogen) atoms. The van der Waals surface area contributed by atoms with Gasteiger partial charge in [-0.15, -0.1) is 0 Å². The number of carbonyl (C=O) groups excluding carboxylic acids is 1. The zero-order valence-electron chi connectivity index (χ0n) is 17.6. The lowest BCUT2D eigenvalue weighted by molar-refractivity contribution is -0.124. The molecular formula is C21H28N6O3S. The maximum absolute atomic E-state index is 12.6. The fraction of sp³-hybridized carbons (Fsp3) is 0.476. The van der Waals surface area contributed by atoms with E-state index >= 15 is 0 Å². The molecule has 1 amide bonds. The van der Waals surface area contributed by atoms with Crippen molar-refractivity contribution in [3.8, 4) is 11.8 Å². The van der Waals surface area contributed by atoms with Crippen LogP contribution < -0.4 is 11.1 Å². The Hall–Kier alpha value is -2.90. The fourth-order valence-electron chi connectivity index (χ4n) is 3.84. The van der Waals surface area contributed by atoms with Gasteiger partial charge in [-0.2, -0.15) is 14.7 Å². The molecule has 1 aliphatic heterocycles. The molecule has 1 aromatic heterocycles. The van der Waals surface area contributed by atoms with Gasteiger partial charge in [0.05, 0.1) is 17.1 Å². The predicted molar refractivity (Wildman–Crippen MR) is 118 cm³/mol. The molecule has 3 rings (SSSR count). The Morgan fingerprint density at radius 2 is 2.10 bits per heavy atom. The SMILES string of the molecule is CCCS(=O)(=O)N1CCCC1C(=O)NCCCc1nn(-c2ccccc2)c(N)c1C#N. The molecule has 166 valence electrons. The van der Waals surface area contributed by atoms with Crippen molar-refractivity contribution in [2.75, 3.05) is 24.6 Å². The molecule has 1 aliphatic rings. The Morgan fingerprint density at radius 1 is 1.35 bits per heavy atom. The number of hydrogen-bond donors (Lipinski definition) is 2. The van der Waals surface area contributed by atoms with Crippen LogP contribution in [0.2, 0.25) is 0 Å². The van der Waals surface area contributed by atoms with Gasteiger partial charge in [0.25, 0.3) is 0 Å². The molecule has 1 unspecified atom stereocenters. The molecule has 1 aromatic carbocycles. The summed E-state index contributed by atoms with van der Waals surface area (Å²) in [5.41, 5.74) is 7.79. The Bertz CT molecular complexity index is 1060. The third-order valence-electron chi connectivity index (χ3n) is 5.32. The monoisotopic (exact) mass is 444 g/mol. The van der Waals surface area contributed by atoms with Crippen molar-refractivity contribution < 1.29 is 13.2 Å². The molecule has 9 nitrogen and oxygen atoms in total. The minimum Gasteiger partial charge on any atom is -0.382 e. The Labute approximate surface area is 182 Å². The summed E-state index contributed by atoms with van der Waals surface area (Å²) < 4.78 is 27.6. The van der Waals surface area contributed by atoms with Crippen LogP contribution >= 0.6 is 0 Å². The highest BCUT2D eigenvalue weighted by molar-refractivity contribution is 7.89. The Morgan fingerprint density at radius 3 is 2.77 bits per heavy atom. The number of nitrogen functional groups attached to an aromatic ring is 1. The summed E-state index contributed by atoms with van der Waals surface area (Å²) in [5.74, 6) is 0.0710. The van der Waals surface area contributed by atoms with Gasteiger partial charge in [0, 0.05) is 13.1 Å². The van der Waals surface area contributed by atoms with Crippen molar-refractivity contribution in [1.29, 1.82) is 5.26 Å². The van der Waals surface area contributed by atoms with Crippen molar-refractivity contribution in [1.82, 2.24) is 19.4 Å². The van der Waals surface area contributed by atoms with Crippen molar-refractivity contribution in [3.63, 3.8) is 0 Å². The molecule has 0 spiro atoms. The van der Waals surface area contributed by atoms with Gasteiger partial charge in [-0.25, -0.2) is 13.1 Å². The van der Waals surface area contributed by atoms with Crippen LogP contribution in [0.15, 0.2) is 30.3 Å². The number of nitrogens with one attached hydrogen (secondary N) is 1. The first-order valence-electron chi connectivity index (χ1n) is 10.5. The lowest BCUT2D eigenvalue weighted by atomic mass is 10.1. The van der Waals surface area contributed by atoms with Gasteiger partial charge in [0.15, 0.2) is 0 Å². The van der Waals surface area contributed by atoms with Gasteiger partial charge in [0.1, 0.15) is 23.5 Å². The first kappa shape index (κ1) is 22.8. The normalized spacial score (nSPS) is 16.8. The Kier molecular flexibility index (Phi) is 7.30. The van der Waals surface area contributed by atoms with Crippen LogP contribution in [0.1, 0.15) is 43.9 Å². The van der Waals surface area contributed by atoms with Crippen LogP contribution in [0.4, 0.5) is 5.82 Å². The number of para-hydroxylation sites is 1. The van der Waals surface area contributed by atoms with Crippen molar-refractivity contribution in [2.45, 2.75) is 45.1 Å². The van der Waals surface area contributed by atoms with Crippen molar-refractivity contribution in [2.24, 2.45) is 0 Å². The van der Waals surface area contributed by atoms with Crippen LogP contribution in [0, 0.1) is 11.3 Å². The van der Waals surface area contributed by atoms with E-state index < -0.39 is 16.1 Å². The summed E-state index contributed by atoms with van der Waals surface area (Å²) in [6.45, 7) is 2.56. The molecular weight excluding hydrogens is 416 g/mol. The first-order valence-corrected chi connectivity index (χ1v) is 12.1. The maximum Gasteiger partial charge on any atom is 0.238 e. The number of nitrogens with two attached hydrogens (primary N) is 1. The second kappa shape index (κ2) is 9.94. The van der Waals surface area contributed by atoms with E-state index in [1.807, 2.05) is 37.3 Å². The van der Waals surface area contributed by atoms with E-state index in [1.54, 1.807) is 4.68 Å². The summed E-state index contributed by atoms with van der Waals surface area (Å²) in [6.07, 6.45) is 2.76. The highest BCUT2D eigenvalue weighted by Crippen LogP contribution is 2.23. The third-order valence-corrected chi connectivity index (χ3v) is 7.40. The summed E-state index contributed by atoms with van der Waals surface area (Å²) in [7, 11) is -3.41. The summed E-state index contributed by atoms with van der Waals surface area (Å²) in [6, 6.07) is 10.8. The minimum atomic E-state index is -3.41. The van der Waals surface area contributed by atoms with Gasteiger partial charge in [-0.1, -0.05) is 25.1 Å². The molecule has 2 aromatic rings. The van der Waals surface area contributed by atoms with Crippen LogP contribution in [-0.4, -0.2) is 53.3 Å². The van der Waals surface area contributed by atoms with E-state index in [0.717, 1.165) is 5.69 Å². The standard InChI is InChI=1S/C21H28N6O3S/c1-2-14-31(29,30)26-13-7-11-19(26)21(28)24-12-6-10-18-17(15-22)20(23)27(25-18)16-8-4-3-5-9-16/h3-5,8-9,19H,2,6-7,10-14,23H2,1H3,(H,24,28). The number of carbonyl (C=O) groups is 1. The van der Waals surface area contributed by atoms with Gasteiger partial charge >= 0.3 is 0 Å². The molecule has 3 N–H and O–H groups in total. The zero-order valence-corrected chi connectivity index (χ0v) is 18.4. The summed E-state index contributed by atoms with van der Waals surface area (Å²) in [4.78, 5) is 12.6. The van der Waals surface area contributed by atoms with Crippen LogP contribution in [0.5, 0.6) is 0 Å². The molecule has 0 saturated carbocycles. The number of nitrogens with zero attached hydrogens (tertiary/aromatic N) is 4. The van der Waals surface area contributed by atoms with E-state index in [2.05, 4.69) is 16.5 Å². The van der Waals surface area contributed by atoms with E-state index in [9.17, 15) is 18.5 Å². The van der Waals surface area contributed by atoms with E-state index in [-0.39, 0.29) is 17.5 Å². The van der Waals surface area contributed by atoms with E-state index in [1.165, 1.54) is 4.31 Å². The molecule has 10 heteroatoms. The summed E-state index contributed by atoms with van der Waals surface area (Å²) >= 11 is 0. The number of anilines is 1. The summed E-state index contributed by atoms with van der Waals surface area (Å²) in [5, 5.41) is 16.8. The van der Waals surface area contributed by atoms with E-state index in [4.69, 9.17) is 5.73 Å². The van der Waals surface area contributed by atoms with Crippen molar-refractivity contribution >= 4 is 21.7 Å². The largest absolute Gasteiger partial charge is 0.382 e. The maximum atomic E-state index is 12.6. The molecule has 1 saturated heterocycles. The number of benzene rings is 1. The second-order valence-corrected chi connectivity index (χ2v) is 9.59. The number of aromatic nitrogens is 2. The Balaban J connectivity index is 1.59. The average Bonchev–Trinajstić information content (AvgIpc) is 3.37. The third kappa shape index (κ3) is 5.06. The molecule has 1 fully saturated rings. The van der Waals surface area contributed by atoms with Crippen LogP contribution in [0.25, 0.3) is 5.69 Å². The van der Waals surface area contributed by atoms with Gasteiger partial charge < -0.3 is 11.1 Å². The topological polar surface area (TPSA) is 134 Å². The number of aryl methyl sites for hydroxylation is 1. The zero-order chi connectivity index (χ0) is 22.4. The quantitative estimate of drug-likeness (QED) is 0.564. The van der Waals surface area contributed by atoms with Crippen molar-refractivity contribution in [3.05, 3.63) is 41.6 Å².